The lowest BCUT2D eigenvalue weighted by Gasteiger charge is -2.14. The monoisotopic (exact) mass is 208 g/mol. The van der Waals surface area contributed by atoms with E-state index in [1.807, 2.05) is 32.0 Å². The first kappa shape index (κ1) is 12.0. The Morgan fingerprint density at radius 2 is 2.13 bits per heavy atom. The smallest absolute Gasteiger partial charge is 0.126 e. The van der Waals surface area contributed by atoms with Gasteiger partial charge in [0.25, 0.3) is 0 Å². The Hall–Kier alpha value is -1.09. The fourth-order valence-electron chi connectivity index (χ4n) is 1.59. The summed E-state index contributed by atoms with van der Waals surface area (Å²) in [6.07, 6.45) is 0.589. The lowest BCUT2D eigenvalue weighted by atomic mass is 10.1. The third kappa shape index (κ3) is 4.79. The molecule has 2 atom stereocenters. The van der Waals surface area contributed by atoms with Crippen molar-refractivity contribution in [2.24, 2.45) is 5.92 Å². The summed E-state index contributed by atoms with van der Waals surface area (Å²) in [7, 11) is 0. The molecule has 1 rings (SSSR count). The van der Waals surface area contributed by atoms with E-state index in [0.717, 1.165) is 24.5 Å². The van der Waals surface area contributed by atoms with Crippen molar-refractivity contribution in [2.75, 3.05) is 11.9 Å². The number of nitrogens with zero attached hydrogens (tertiary/aromatic N) is 1. The highest BCUT2D eigenvalue weighted by atomic mass is 16.3. The van der Waals surface area contributed by atoms with Gasteiger partial charge in [-0.2, -0.15) is 0 Å². The van der Waals surface area contributed by atoms with Crippen molar-refractivity contribution >= 4 is 5.82 Å². The minimum atomic E-state index is -0.229. The summed E-state index contributed by atoms with van der Waals surface area (Å²) in [4.78, 5) is 4.35. The van der Waals surface area contributed by atoms with Crippen molar-refractivity contribution in [1.29, 1.82) is 0 Å². The van der Waals surface area contributed by atoms with Gasteiger partial charge in [-0.25, -0.2) is 4.98 Å². The van der Waals surface area contributed by atoms with Gasteiger partial charge in [0.05, 0.1) is 6.10 Å². The summed E-state index contributed by atoms with van der Waals surface area (Å²) in [6, 6.07) is 5.93. The van der Waals surface area contributed by atoms with Crippen LogP contribution in [0, 0.1) is 12.8 Å². The molecule has 0 saturated carbocycles. The molecule has 2 N–H and O–H groups in total. The molecule has 3 heteroatoms. The third-order valence-electron chi connectivity index (χ3n) is 2.26. The van der Waals surface area contributed by atoms with Crippen molar-refractivity contribution in [3.63, 3.8) is 0 Å². The number of anilines is 1. The molecule has 0 spiro atoms. The van der Waals surface area contributed by atoms with E-state index in [4.69, 9.17) is 0 Å². The largest absolute Gasteiger partial charge is 0.393 e. The van der Waals surface area contributed by atoms with E-state index in [0.29, 0.717) is 5.92 Å². The molecule has 0 aliphatic carbocycles. The van der Waals surface area contributed by atoms with Crippen LogP contribution in [0.5, 0.6) is 0 Å². The fraction of sp³-hybridized carbons (Fsp3) is 0.583. The number of rotatable bonds is 5. The van der Waals surface area contributed by atoms with Gasteiger partial charge >= 0.3 is 0 Å². The van der Waals surface area contributed by atoms with Crippen molar-refractivity contribution in [3.8, 4) is 0 Å². The van der Waals surface area contributed by atoms with E-state index >= 15 is 0 Å². The second kappa shape index (κ2) is 5.71. The lowest BCUT2D eigenvalue weighted by Crippen LogP contribution is -2.16. The highest BCUT2D eigenvalue weighted by Gasteiger charge is 2.05. The van der Waals surface area contributed by atoms with Crippen molar-refractivity contribution < 1.29 is 5.11 Å². The predicted octanol–water partition coefficient (Wildman–Crippen LogP) is 2.21. The topological polar surface area (TPSA) is 45.1 Å². The Morgan fingerprint density at radius 3 is 2.73 bits per heavy atom. The van der Waals surface area contributed by atoms with E-state index in [1.165, 1.54) is 0 Å². The van der Waals surface area contributed by atoms with Gasteiger partial charge in [0.1, 0.15) is 5.82 Å². The number of nitrogens with one attached hydrogen (secondary N) is 1. The first-order chi connectivity index (χ1) is 7.08. The van der Waals surface area contributed by atoms with Crippen LogP contribution in [0.3, 0.4) is 0 Å². The maximum Gasteiger partial charge on any atom is 0.126 e. The van der Waals surface area contributed by atoms with Gasteiger partial charge in [-0.3, -0.25) is 0 Å². The van der Waals surface area contributed by atoms with Gasteiger partial charge in [-0.15, -0.1) is 0 Å². The molecule has 84 valence electrons. The zero-order chi connectivity index (χ0) is 11.3. The lowest BCUT2D eigenvalue weighted by molar-refractivity contribution is 0.166. The molecule has 1 heterocycles. The van der Waals surface area contributed by atoms with Crippen LogP contribution in [0.25, 0.3) is 0 Å². The zero-order valence-corrected chi connectivity index (χ0v) is 9.70. The summed E-state index contributed by atoms with van der Waals surface area (Å²) in [5.41, 5.74) is 1.02. The summed E-state index contributed by atoms with van der Waals surface area (Å²) < 4.78 is 0. The minimum Gasteiger partial charge on any atom is -0.393 e. The Balaban J connectivity index is 2.36. The highest BCUT2D eigenvalue weighted by molar-refractivity contribution is 5.34. The average Bonchev–Trinajstić information content (AvgIpc) is 2.14. The van der Waals surface area contributed by atoms with Crippen LogP contribution in [-0.4, -0.2) is 22.7 Å². The third-order valence-corrected chi connectivity index (χ3v) is 2.26. The molecule has 0 aliphatic rings. The summed E-state index contributed by atoms with van der Waals surface area (Å²) in [6.45, 7) is 6.77. The first-order valence-corrected chi connectivity index (χ1v) is 5.43. The van der Waals surface area contributed by atoms with Gasteiger partial charge in [0, 0.05) is 12.2 Å². The normalized spacial score (nSPS) is 14.7. The molecule has 0 aliphatic heterocycles. The second-order valence-corrected chi connectivity index (χ2v) is 4.24. The first-order valence-electron chi connectivity index (χ1n) is 5.43. The van der Waals surface area contributed by atoms with Crippen LogP contribution in [0.15, 0.2) is 18.2 Å². The van der Waals surface area contributed by atoms with E-state index in [9.17, 15) is 5.11 Å². The minimum absolute atomic E-state index is 0.229. The molecule has 1 aromatic rings. The molecular formula is C12H20N2O. The van der Waals surface area contributed by atoms with Crippen LogP contribution < -0.4 is 5.32 Å². The summed E-state index contributed by atoms with van der Waals surface area (Å²) in [5.74, 6) is 1.36. The molecule has 0 fully saturated rings. The quantitative estimate of drug-likeness (QED) is 0.779. The number of aliphatic hydroxyl groups excluding tert-OH is 1. The molecule has 0 bridgehead atoms. The molecule has 1 aromatic heterocycles. The summed E-state index contributed by atoms with van der Waals surface area (Å²) in [5, 5.41) is 12.5. The Morgan fingerprint density at radius 1 is 1.40 bits per heavy atom. The Kier molecular flexibility index (Phi) is 4.56. The van der Waals surface area contributed by atoms with Gasteiger partial charge in [0.2, 0.25) is 0 Å². The van der Waals surface area contributed by atoms with Crippen molar-refractivity contribution in [1.82, 2.24) is 4.98 Å². The number of aliphatic hydroxyl groups is 1. The molecule has 0 radical (unpaired) electrons. The van der Waals surface area contributed by atoms with E-state index in [2.05, 4.69) is 17.2 Å². The van der Waals surface area contributed by atoms with Crippen LogP contribution in [0.4, 0.5) is 5.82 Å². The molecule has 15 heavy (non-hydrogen) atoms. The van der Waals surface area contributed by atoms with E-state index in [1.54, 1.807) is 0 Å². The van der Waals surface area contributed by atoms with Gasteiger partial charge in [0.15, 0.2) is 0 Å². The average molecular weight is 208 g/mol. The van der Waals surface area contributed by atoms with Crippen LogP contribution in [-0.2, 0) is 0 Å². The molecule has 0 amide bonds. The van der Waals surface area contributed by atoms with Crippen LogP contribution >= 0.6 is 0 Å². The number of hydrogen-bond acceptors (Lipinski definition) is 3. The van der Waals surface area contributed by atoms with Crippen molar-refractivity contribution in [3.05, 3.63) is 23.9 Å². The highest BCUT2D eigenvalue weighted by Crippen LogP contribution is 2.08. The number of aromatic nitrogens is 1. The number of hydrogen-bond donors (Lipinski definition) is 2. The fourth-order valence-corrected chi connectivity index (χ4v) is 1.59. The van der Waals surface area contributed by atoms with E-state index in [-0.39, 0.29) is 6.10 Å². The van der Waals surface area contributed by atoms with Gasteiger partial charge in [-0.05, 0) is 38.3 Å². The predicted molar refractivity (Wildman–Crippen MR) is 62.9 cm³/mol. The van der Waals surface area contributed by atoms with Crippen LogP contribution in [0.1, 0.15) is 26.0 Å². The molecule has 0 saturated heterocycles. The standard InChI is InChI=1S/C12H20N2O/c1-9(7-11(3)15)8-13-12-6-4-5-10(2)14-12/h4-6,9,11,15H,7-8H2,1-3H3,(H,13,14)/t9-,11+/m1/s1. The van der Waals surface area contributed by atoms with Crippen molar-refractivity contribution in [2.45, 2.75) is 33.3 Å². The SMILES string of the molecule is Cc1cccc(NC[C@H](C)C[C@H](C)O)n1. The molecular weight excluding hydrogens is 188 g/mol. The van der Waals surface area contributed by atoms with Gasteiger partial charge < -0.3 is 10.4 Å². The zero-order valence-electron chi connectivity index (χ0n) is 9.70. The maximum atomic E-state index is 9.22. The Bertz CT molecular complexity index is 299. The van der Waals surface area contributed by atoms with Crippen LogP contribution in [0.2, 0.25) is 0 Å². The maximum absolute atomic E-state index is 9.22. The van der Waals surface area contributed by atoms with Gasteiger partial charge in [-0.1, -0.05) is 13.0 Å². The molecule has 0 unspecified atom stereocenters. The Labute approximate surface area is 91.5 Å². The summed E-state index contributed by atoms with van der Waals surface area (Å²) >= 11 is 0. The number of pyridine rings is 1. The molecule has 3 nitrogen and oxygen atoms in total. The van der Waals surface area contributed by atoms with E-state index < -0.39 is 0 Å². The molecule has 0 aromatic carbocycles. The second-order valence-electron chi connectivity index (χ2n) is 4.24. The number of aryl methyl sites for hydroxylation is 1.